The maximum absolute atomic E-state index is 14.0. The summed E-state index contributed by atoms with van der Waals surface area (Å²) in [5.41, 5.74) is 4.45. The molecule has 3 heterocycles. The molecule has 7 heteroatoms. The lowest BCUT2D eigenvalue weighted by Gasteiger charge is -2.26. The van der Waals surface area contributed by atoms with Crippen molar-refractivity contribution >= 4 is 33.3 Å². The summed E-state index contributed by atoms with van der Waals surface area (Å²) in [4.78, 5) is 23.7. The van der Waals surface area contributed by atoms with E-state index in [0.29, 0.717) is 0 Å². The molecule has 176 valence electrons. The Balaban J connectivity index is 1.58. The van der Waals surface area contributed by atoms with Crippen molar-refractivity contribution in [3.05, 3.63) is 80.5 Å². The van der Waals surface area contributed by atoms with Crippen LogP contribution in [-0.2, 0) is 18.7 Å². The molecular formula is C27H29N3O2S2. The molecule has 2 aromatic heterocycles. The van der Waals surface area contributed by atoms with Crippen LogP contribution in [0, 0.1) is 6.92 Å². The number of ether oxygens (including phenoxy) is 1. The Morgan fingerprint density at radius 2 is 1.88 bits per heavy atom. The third kappa shape index (κ3) is 4.52. The SMILES string of the molecule is CCCN1CCc2c(sc3nc(SCc4ccc(OC)cc4)n(-c4ccc(C)cc4)c(=O)c23)C1. The van der Waals surface area contributed by atoms with Crippen LogP contribution >= 0.6 is 23.1 Å². The zero-order chi connectivity index (χ0) is 23.7. The summed E-state index contributed by atoms with van der Waals surface area (Å²) in [5, 5.41) is 1.55. The Labute approximate surface area is 208 Å². The second kappa shape index (κ2) is 9.94. The predicted octanol–water partition coefficient (Wildman–Crippen LogP) is 5.82. The normalized spacial score (nSPS) is 13.9. The first-order valence-corrected chi connectivity index (χ1v) is 13.5. The first kappa shape index (κ1) is 23.1. The zero-order valence-corrected chi connectivity index (χ0v) is 21.5. The molecule has 0 amide bonds. The lowest BCUT2D eigenvalue weighted by atomic mass is 10.1. The van der Waals surface area contributed by atoms with E-state index in [4.69, 9.17) is 9.72 Å². The van der Waals surface area contributed by atoms with E-state index < -0.39 is 0 Å². The molecule has 2 aromatic carbocycles. The highest BCUT2D eigenvalue weighted by molar-refractivity contribution is 7.98. The number of methoxy groups -OCH3 is 1. The Morgan fingerprint density at radius 3 is 2.59 bits per heavy atom. The van der Waals surface area contributed by atoms with Gasteiger partial charge in [0.1, 0.15) is 10.6 Å². The fraction of sp³-hybridized carbons (Fsp3) is 0.333. The van der Waals surface area contributed by atoms with Gasteiger partial charge in [-0.05, 0) is 61.7 Å². The summed E-state index contributed by atoms with van der Waals surface area (Å²) in [6.07, 6.45) is 2.06. The maximum atomic E-state index is 14.0. The minimum atomic E-state index is 0.0486. The minimum absolute atomic E-state index is 0.0486. The van der Waals surface area contributed by atoms with E-state index in [0.717, 1.165) is 70.6 Å². The number of rotatable bonds is 7. The average molecular weight is 492 g/mol. The van der Waals surface area contributed by atoms with Crippen molar-refractivity contribution in [2.24, 2.45) is 0 Å². The molecular weight excluding hydrogens is 462 g/mol. The summed E-state index contributed by atoms with van der Waals surface area (Å²) < 4.78 is 7.09. The van der Waals surface area contributed by atoms with Gasteiger partial charge >= 0.3 is 0 Å². The van der Waals surface area contributed by atoms with Gasteiger partial charge in [-0.3, -0.25) is 14.3 Å². The Morgan fingerprint density at radius 1 is 1.12 bits per heavy atom. The molecule has 0 saturated carbocycles. The van der Waals surface area contributed by atoms with Gasteiger partial charge in [-0.1, -0.05) is 48.5 Å². The van der Waals surface area contributed by atoms with Crippen LogP contribution in [-0.4, -0.2) is 34.7 Å². The monoisotopic (exact) mass is 491 g/mol. The molecule has 0 unspecified atom stereocenters. The molecule has 0 atom stereocenters. The second-order valence-corrected chi connectivity index (χ2v) is 10.7. The highest BCUT2D eigenvalue weighted by Crippen LogP contribution is 2.35. The molecule has 0 N–H and O–H groups in total. The topological polar surface area (TPSA) is 47.4 Å². The molecule has 0 fully saturated rings. The molecule has 0 aliphatic carbocycles. The van der Waals surface area contributed by atoms with Crippen molar-refractivity contribution in [2.75, 3.05) is 20.2 Å². The molecule has 5 nitrogen and oxygen atoms in total. The summed E-state index contributed by atoms with van der Waals surface area (Å²) in [6, 6.07) is 16.2. The number of hydrogen-bond acceptors (Lipinski definition) is 6. The van der Waals surface area contributed by atoms with E-state index in [1.807, 2.05) is 24.3 Å². The van der Waals surface area contributed by atoms with Crippen LogP contribution in [0.1, 0.15) is 34.9 Å². The Kier molecular flexibility index (Phi) is 6.77. The molecule has 0 radical (unpaired) electrons. The van der Waals surface area contributed by atoms with Gasteiger partial charge in [0.25, 0.3) is 5.56 Å². The molecule has 1 aliphatic heterocycles. The Hall–Kier alpha value is -2.61. The van der Waals surface area contributed by atoms with E-state index in [2.05, 4.69) is 43.0 Å². The fourth-order valence-electron chi connectivity index (χ4n) is 4.47. The number of fused-ring (bicyclic) bond motifs is 3. The van der Waals surface area contributed by atoms with E-state index in [1.165, 1.54) is 16.0 Å². The quantitative estimate of drug-likeness (QED) is 0.241. The molecule has 4 aromatic rings. The largest absolute Gasteiger partial charge is 0.497 e. The second-order valence-electron chi connectivity index (χ2n) is 8.72. The number of thiophene rings is 1. The summed E-state index contributed by atoms with van der Waals surface area (Å²) >= 11 is 3.30. The number of thioether (sulfide) groups is 1. The van der Waals surface area contributed by atoms with Gasteiger partial charge in [-0.2, -0.15) is 0 Å². The van der Waals surface area contributed by atoms with Gasteiger partial charge < -0.3 is 4.74 Å². The Bertz CT molecular complexity index is 1360. The van der Waals surface area contributed by atoms with Gasteiger partial charge in [0.15, 0.2) is 5.16 Å². The third-order valence-corrected chi connectivity index (χ3v) is 8.40. The molecule has 34 heavy (non-hydrogen) atoms. The van der Waals surface area contributed by atoms with Crippen LogP contribution in [0.2, 0.25) is 0 Å². The molecule has 0 spiro atoms. The fourth-order valence-corrected chi connectivity index (χ4v) is 6.74. The van der Waals surface area contributed by atoms with E-state index in [1.54, 1.807) is 34.8 Å². The summed E-state index contributed by atoms with van der Waals surface area (Å²) in [7, 11) is 1.67. The lowest BCUT2D eigenvalue weighted by molar-refractivity contribution is 0.258. The average Bonchev–Trinajstić information content (AvgIpc) is 3.22. The van der Waals surface area contributed by atoms with E-state index in [9.17, 15) is 4.79 Å². The van der Waals surface area contributed by atoms with Crippen LogP contribution in [0.3, 0.4) is 0 Å². The van der Waals surface area contributed by atoms with E-state index in [-0.39, 0.29) is 5.56 Å². The first-order valence-electron chi connectivity index (χ1n) is 11.7. The zero-order valence-electron chi connectivity index (χ0n) is 19.8. The van der Waals surface area contributed by atoms with Crippen molar-refractivity contribution in [2.45, 2.75) is 44.1 Å². The van der Waals surface area contributed by atoms with Crippen LogP contribution in [0.4, 0.5) is 0 Å². The van der Waals surface area contributed by atoms with Crippen LogP contribution in [0.5, 0.6) is 5.75 Å². The molecule has 1 aliphatic rings. The van der Waals surface area contributed by atoms with E-state index >= 15 is 0 Å². The van der Waals surface area contributed by atoms with Crippen molar-refractivity contribution in [1.82, 2.24) is 14.5 Å². The number of aromatic nitrogens is 2. The molecule has 0 saturated heterocycles. The van der Waals surface area contributed by atoms with Crippen molar-refractivity contribution in [1.29, 1.82) is 0 Å². The minimum Gasteiger partial charge on any atom is -0.497 e. The lowest BCUT2D eigenvalue weighted by Crippen LogP contribution is -2.31. The number of nitrogens with zero attached hydrogens (tertiary/aromatic N) is 3. The van der Waals surface area contributed by atoms with Crippen LogP contribution in [0.15, 0.2) is 58.5 Å². The highest BCUT2D eigenvalue weighted by atomic mass is 32.2. The maximum Gasteiger partial charge on any atom is 0.267 e. The molecule has 0 bridgehead atoms. The van der Waals surface area contributed by atoms with Gasteiger partial charge in [0, 0.05) is 23.7 Å². The summed E-state index contributed by atoms with van der Waals surface area (Å²) in [6.45, 7) is 7.30. The number of hydrogen-bond donors (Lipinski definition) is 0. The van der Waals surface area contributed by atoms with Gasteiger partial charge in [0.2, 0.25) is 0 Å². The van der Waals surface area contributed by atoms with Crippen LogP contribution in [0.25, 0.3) is 15.9 Å². The van der Waals surface area contributed by atoms with Gasteiger partial charge in [0.05, 0.1) is 18.2 Å². The predicted molar refractivity (Wildman–Crippen MR) is 142 cm³/mol. The van der Waals surface area contributed by atoms with Crippen molar-refractivity contribution in [3.63, 3.8) is 0 Å². The first-order chi connectivity index (χ1) is 16.6. The molecule has 5 rings (SSSR count). The number of benzene rings is 2. The van der Waals surface area contributed by atoms with Crippen LogP contribution < -0.4 is 10.3 Å². The van der Waals surface area contributed by atoms with Crippen molar-refractivity contribution in [3.8, 4) is 11.4 Å². The van der Waals surface area contributed by atoms with Gasteiger partial charge in [-0.15, -0.1) is 11.3 Å². The summed E-state index contributed by atoms with van der Waals surface area (Å²) in [5.74, 6) is 1.56. The van der Waals surface area contributed by atoms with Gasteiger partial charge in [-0.25, -0.2) is 4.98 Å². The standard InChI is InChI=1S/C27H29N3O2S2/c1-4-14-29-15-13-22-23(16-29)34-25-24(22)26(31)30(20-9-5-18(2)6-10-20)27(28-25)33-17-19-7-11-21(32-3)12-8-19/h5-12H,4,13-17H2,1-3H3. The van der Waals surface area contributed by atoms with Crippen molar-refractivity contribution < 1.29 is 4.74 Å². The highest BCUT2D eigenvalue weighted by Gasteiger charge is 2.25. The smallest absolute Gasteiger partial charge is 0.267 e. The third-order valence-electron chi connectivity index (χ3n) is 6.28. The number of aryl methyl sites for hydroxylation is 1.